The lowest BCUT2D eigenvalue weighted by molar-refractivity contribution is 0.0718. The molecular formula is C26H26N2O2S. The monoisotopic (exact) mass is 430 g/mol. The van der Waals surface area contributed by atoms with Crippen molar-refractivity contribution in [3.63, 3.8) is 0 Å². The number of carbonyl (C=O) groups excluding carboxylic acids is 2. The van der Waals surface area contributed by atoms with E-state index in [1.807, 2.05) is 82.6 Å². The van der Waals surface area contributed by atoms with Crippen molar-refractivity contribution in [2.75, 3.05) is 26.2 Å². The third-order valence-corrected chi connectivity index (χ3v) is 6.52. The van der Waals surface area contributed by atoms with E-state index in [9.17, 15) is 9.59 Å². The predicted octanol–water partition coefficient (Wildman–Crippen LogP) is 4.97. The summed E-state index contributed by atoms with van der Waals surface area (Å²) in [5.74, 6) is 0.981. The molecule has 31 heavy (non-hydrogen) atoms. The highest BCUT2D eigenvalue weighted by Crippen LogP contribution is 2.23. The van der Waals surface area contributed by atoms with Gasteiger partial charge in [0.15, 0.2) is 0 Å². The van der Waals surface area contributed by atoms with Crippen LogP contribution in [0.1, 0.15) is 32.7 Å². The normalized spacial score (nSPS) is 14.2. The average Bonchev–Trinajstić information content (AvgIpc) is 3.10. The summed E-state index contributed by atoms with van der Waals surface area (Å²) in [6.07, 6.45) is 0.787. The topological polar surface area (TPSA) is 40.6 Å². The Morgan fingerprint density at radius 3 is 1.74 bits per heavy atom. The lowest BCUT2D eigenvalue weighted by atomic mass is 10.2. The molecule has 1 aliphatic heterocycles. The summed E-state index contributed by atoms with van der Waals surface area (Å²) < 4.78 is 0. The zero-order valence-corrected chi connectivity index (χ0v) is 18.3. The highest BCUT2D eigenvalue weighted by Gasteiger charge is 2.23. The van der Waals surface area contributed by atoms with Crippen LogP contribution in [-0.2, 0) is 5.75 Å². The number of thioether (sulfide) groups is 1. The first kappa shape index (κ1) is 21.2. The molecular weight excluding hydrogens is 404 g/mol. The minimum Gasteiger partial charge on any atom is -0.337 e. The lowest BCUT2D eigenvalue weighted by Crippen LogP contribution is -2.37. The number of amides is 2. The Hall–Kier alpha value is -3.05. The molecule has 0 unspecified atom stereocenters. The molecule has 2 amide bonds. The molecule has 1 saturated heterocycles. The molecule has 1 aliphatic rings. The molecule has 3 aromatic carbocycles. The smallest absolute Gasteiger partial charge is 0.253 e. The van der Waals surface area contributed by atoms with Gasteiger partial charge in [0.25, 0.3) is 11.8 Å². The summed E-state index contributed by atoms with van der Waals surface area (Å²) in [6, 6.07) is 27.6. The van der Waals surface area contributed by atoms with Gasteiger partial charge >= 0.3 is 0 Å². The van der Waals surface area contributed by atoms with Crippen LogP contribution < -0.4 is 0 Å². The Morgan fingerprint density at radius 2 is 1.16 bits per heavy atom. The van der Waals surface area contributed by atoms with Gasteiger partial charge in [0, 0.05) is 48.0 Å². The van der Waals surface area contributed by atoms with Gasteiger partial charge in [-0.2, -0.15) is 0 Å². The molecule has 1 heterocycles. The van der Waals surface area contributed by atoms with Crippen LogP contribution in [0.2, 0.25) is 0 Å². The van der Waals surface area contributed by atoms with E-state index in [-0.39, 0.29) is 11.8 Å². The third kappa shape index (κ3) is 5.56. The van der Waals surface area contributed by atoms with Crippen LogP contribution in [0.4, 0.5) is 0 Å². The lowest BCUT2D eigenvalue weighted by Gasteiger charge is -2.22. The van der Waals surface area contributed by atoms with Gasteiger partial charge < -0.3 is 9.80 Å². The molecule has 0 radical (unpaired) electrons. The Labute approximate surface area is 187 Å². The van der Waals surface area contributed by atoms with Crippen molar-refractivity contribution < 1.29 is 9.59 Å². The third-order valence-electron chi connectivity index (χ3n) is 5.44. The van der Waals surface area contributed by atoms with Crippen LogP contribution in [0, 0.1) is 0 Å². The SMILES string of the molecule is O=C(c1ccccc1)N1CCCN(C(=O)c2ccc(SCc3ccccc3)cc2)CC1. The molecule has 0 bridgehead atoms. The summed E-state index contributed by atoms with van der Waals surface area (Å²) in [6.45, 7) is 2.46. The number of rotatable bonds is 5. The molecule has 0 aliphatic carbocycles. The highest BCUT2D eigenvalue weighted by molar-refractivity contribution is 7.98. The first-order valence-electron chi connectivity index (χ1n) is 10.6. The first-order valence-corrected chi connectivity index (χ1v) is 11.6. The van der Waals surface area contributed by atoms with Gasteiger partial charge in [-0.05, 0) is 48.4 Å². The minimum absolute atomic E-state index is 0.0358. The largest absolute Gasteiger partial charge is 0.337 e. The maximum Gasteiger partial charge on any atom is 0.253 e. The van der Waals surface area contributed by atoms with Crippen molar-refractivity contribution in [3.8, 4) is 0 Å². The number of benzene rings is 3. The molecule has 0 saturated carbocycles. The second-order valence-electron chi connectivity index (χ2n) is 7.60. The van der Waals surface area contributed by atoms with E-state index in [0.29, 0.717) is 37.3 Å². The molecule has 158 valence electrons. The van der Waals surface area contributed by atoms with Crippen molar-refractivity contribution in [2.24, 2.45) is 0 Å². The van der Waals surface area contributed by atoms with E-state index in [2.05, 4.69) is 12.1 Å². The molecule has 3 aromatic rings. The van der Waals surface area contributed by atoms with Crippen molar-refractivity contribution in [3.05, 3.63) is 102 Å². The maximum absolute atomic E-state index is 13.0. The van der Waals surface area contributed by atoms with E-state index in [0.717, 1.165) is 17.1 Å². The van der Waals surface area contributed by atoms with Crippen molar-refractivity contribution in [1.29, 1.82) is 0 Å². The molecule has 5 heteroatoms. The molecule has 0 spiro atoms. The van der Waals surface area contributed by atoms with Crippen LogP contribution in [0.3, 0.4) is 0 Å². The second kappa shape index (κ2) is 10.3. The van der Waals surface area contributed by atoms with E-state index >= 15 is 0 Å². The first-order chi connectivity index (χ1) is 15.2. The van der Waals surface area contributed by atoms with E-state index in [1.165, 1.54) is 5.56 Å². The van der Waals surface area contributed by atoms with Crippen LogP contribution in [0.5, 0.6) is 0 Å². The fraction of sp³-hybridized carbons (Fsp3) is 0.231. The zero-order chi connectivity index (χ0) is 21.5. The van der Waals surface area contributed by atoms with E-state index < -0.39 is 0 Å². The van der Waals surface area contributed by atoms with E-state index in [4.69, 9.17) is 0 Å². The predicted molar refractivity (Wildman–Crippen MR) is 125 cm³/mol. The van der Waals surface area contributed by atoms with Crippen LogP contribution in [0.15, 0.2) is 89.8 Å². The number of carbonyl (C=O) groups is 2. The maximum atomic E-state index is 13.0. The van der Waals surface area contributed by atoms with E-state index in [1.54, 1.807) is 11.8 Å². The summed E-state index contributed by atoms with van der Waals surface area (Å²) in [7, 11) is 0. The van der Waals surface area contributed by atoms with Crippen molar-refractivity contribution in [2.45, 2.75) is 17.1 Å². The van der Waals surface area contributed by atoms with Crippen molar-refractivity contribution in [1.82, 2.24) is 9.80 Å². The standard InChI is InChI=1S/C26H26N2O2S/c29-25(22-10-5-2-6-11-22)27-16-7-17-28(19-18-27)26(30)23-12-14-24(15-13-23)31-20-21-8-3-1-4-9-21/h1-6,8-15H,7,16-20H2. The molecule has 0 atom stereocenters. The second-order valence-corrected chi connectivity index (χ2v) is 8.65. The van der Waals surface area contributed by atoms with Gasteiger partial charge in [0.05, 0.1) is 0 Å². The van der Waals surface area contributed by atoms with Gasteiger partial charge in [-0.15, -0.1) is 11.8 Å². The Morgan fingerprint density at radius 1 is 0.645 bits per heavy atom. The Kier molecular flexibility index (Phi) is 7.05. The molecule has 1 fully saturated rings. The van der Waals surface area contributed by atoms with Gasteiger partial charge in [0.1, 0.15) is 0 Å². The molecule has 0 N–H and O–H groups in total. The Balaban J connectivity index is 1.33. The number of hydrogen-bond donors (Lipinski definition) is 0. The quantitative estimate of drug-likeness (QED) is 0.537. The summed E-state index contributed by atoms with van der Waals surface area (Å²) >= 11 is 1.77. The van der Waals surface area contributed by atoms with Crippen molar-refractivity contribution >= 4 is 23.6 Å². The summed E-state index contributed by atoms with van der Waals surface area (Å²) in [5.41, 5.74) is 2.68. The fourth-order valence-electron chi connectivity index (χ4n) is 3.70. The fourth-order valence-corrected chi connectivity index (χ4v) is 4.56. The van der Waals surface area contributed by atoms with Gasteiger partial charge in [-0.25, -0.2) is 0 Å². The summed E-state index contributed by atoms with van der Waals surface area (Å²) in [5, 5.41) is 0. The number of nitrogens with zero attached hydrogens (tertiary/aromatic N) is 2. The Bertz CT molecular complexity index is 1010. The molecule has 0 aromatic heterocycles. The number of hydrogen-bond acceptors (Lipinski definition) is 3. The minimum atomic E-state index is 0.0358. The van der Waals surface area contributed by atoms with Gasteiger partial charge in [-0.1, -0.05) is 48.5 Å². The summed E-state index contributed by atoms with van der Waals surface area (Å²) in [4.78, 5) is 30.6. The van der Waals surface area contributed by atoms with Crippen LogP contribution >= 0.6 is 11.8 Å². The highest BCUT2D eigenvalue weighted by atomic mass is 32.2. The van der Waals surface area contributed by atoms with Crippen LogP contribution in [-0.4, -0.2) is 47.8 Å². The molecule has 4 rings (SSSR count). The zero-order valence-electron chi connectivity index (χ0n) is 17.4. The van der Waals surface area contributed by atoms with Gasteiger partial charge in [-0.3, -0.25) is 9.59 Å². The molecule has 4 nitrogen and oxygen atoms in total. The van der Waals surface area contributed by atoms with Crippen LogP contribution in [0.25, 0.3) is 0 Å². The van der Waals surface area contributed by atoms with Gasteiger partial charge in [0.2, 0.25) is 0 Å². The average molecular weight is 431 g/mol.